The molecule has 1 aliphatic heterocycles. The summed E-state index contributed by atoms with van der Waals surface area (Å²) >= 11 is 3.64. The van der Waals surface area contributed by atoms with Gasteiger partial charge in [-0.3, -0.25) is 9.59 Å². The maximum Gasteiger partial charge on any atom is 0.305 e. The SMILES string of the molecule is COC(=O)CCCC=CC[C@H]1[C@H](C=C(Br)C(=O)C2CCCCC2)[C@@H]2C[C@@]1(c1ccc(F)cc1)CO2. The van der Waals surface area contributed by atoms with Crippen LogP contribution in [0.1, 0.15) is 69.8 Å². The number of rotatable bonds is 10. The summed E-state index contributed by atoms with van der Waals surface area (Å²) in [5.41, 5.74) is 0.910. The van der Waals surface area contributed by atoms with Crippen molar-refractivity contribution in [2.45, 2.75) is 75.7 Å². The molecule has 1 aromatic rings. The van der Waals surface area contributed by atoms with Crippen LogP contribution in [0.2, 0.25) is 0 Å². The average molecular weight is 548 g/mol. The van der Waals surface area contributed by atoms with Crippen LogP contribution in [0.5, 0.6) is 0 Å². The Morgan fingerprint density at radius 3 is 2.63 bits per heavy atom. The fraction of sp³-hybridized carbons (Fsp3) is 0.586. The summed E-state index contributed by atoms with van der Waals surface area (Å²) in [6.45, 7) is 0.614. The minimum atomic E-state index is -0.238. The number of hydrogen-bond acceptors (Lipinski definition) is 4. The molecule has 35 heavy (non-hydrogen) atoms. The van der Waals surface area contributed by atoms with Gasteiger partial charge in [0.25, 0.3) is 0 Å². The second kappa shape index (κ2) is 12.0. The van der Waals surface area contributed by atoms with Crippen LogP contribution in [0.3, 0.4) is 0 Å². The summed E-state index contributed by atoms with van der Waals surface area (Å²) in [4.78, 5) is 24.5. The Labute approximate surface area is 216 Å². The van der Waals surface area contributed by atoms with Crippen LogP contribution in [0.15, 0.2) is 47.0 Å². The topological polar surface area (TPSA) is 52.6 Å². The van der Waals surface area contributed by atoms with E-state index >= 15 is 0 Å². The molecule has 0 amide bonds. The van der Waals surface area contributed by atoms with E-state index in [-0.39, 0.29) is 46.8 Å². The van der Waals surface area contributed by atoms with Crippen molar-refractivity contribution < 1.29 is 23.5 Å². The monoisotopic (exact) mass is 546 g/mol. The summed E-state index contributed by atoms with van der Waals surface area (Å²) < 4.78 is 25.3. The Bertz CT molecular complexity index is 950. The molecule has 4 rings (SSSR count). The average Bonchev–Trinajstić information content (AvgIpc) is 3.44. The number of Topliss-reactive ketones (excluding diaryl/α,β-unsaturated/α-hetero) is 1. The van der Waals surface area contributed by atoms with E-state index in [2.05, 4.69) is 34.2 Å². The molecule has 1 heterocycles. The lowest BCUT2D eigenvalue weighted by Crippen LogP contribution is -2.39. The quantitative estimate of drug-likeness (QED) is 0.140. The van der Waals surface area contributed by atoms with Crippen LogP contribution in [0.4, 0.5) is 4.39 Å². The first-order chi connectivity index (χ1) is 16.9. The van der Waals surface area contributed by atoms with Gasteiger partial charge in [0.2, 0.25) is 0 Å². The Kier molecular flexibility index (Phi) is 8.98. The second-order valence-electron chi connectivity index (χ2n) is 10.3. The molecular formula is C29H36BrFO4. The van der Waals surface area contributed by atoms with E-state index in [0.717, 1.165) is 56.9 Å². The van der Waals surface area contributed by atoms with Gasteiger partial charge in [-0.25, -0.2) is 4.39 Å². The molecule has 1 saturated heterocycles. The number of carbonyl (C=O) groups is 2. The van der Waals surface area contributed by atoms with E-state index in [1.54, 1.807) is 0 Å². The number of unbranched alkanes of at least 4 members (excludes halogenated alkanes) is 1. The molecule has 3 aliphatic rings. The maximum atomic E-state index is 13.7. The Morgan fingerprint density at radius 2 is 1.91 bits per heavy atom. The fourth-order valence-corrected chi connectivity index (χ4v) is 6.94. The number of methoxy groups -OCH3 is 1. The van der Waals surface area contributed by atoms with Gasteiger partial charge in [0.1, 0.15) is 5.82 Å². The Balaban J connectivity index is 1.53. The largest absolute Gasteiger partial charge is 0.469 e. The zero-order valence-electron chi connectivity index (χ0n) is 20.5. The normalized spacial score (nSPS) is 29.1. The number of ether oxygens (including phenoxy) is 2. The maximum absolute atomic E-state index is 13.7. The van der Waals surface area contributed by atoms with E-state index in [1.165, 1.54) is 25.7 Å². The number of esters is 1. The van der Waals surface area contributed by atoms with Crippen molar-refractivity contribution in [3.05, 3.63) is 58.4 Å². The van der Waals surface area contributed by atoms with E-state index in [0.29, 0.717) is 17.5 Å². The van der Waals surface area contributed by atoms with Crippen molar-refractivity contribution in [2.75, 3.05) is 13.7 Å². The van der Waals surface area contributed by atoms with Gasteiger partial charge < -0.3 is 9.47 Å². The molecule has 190 valence electrons. The Hall–Kier alpha value is -1.79. The lowest BCUT2D eigenvalue weighted by Gasteiger charge is -2.38. The molecule has 0 radical (unpaired) electrons. The third-order valence-corrected chi connectivity index (χ3v) is 8.88. The minimum absolute atomic E-state index is 0.0458. The van der Waals surface area contributed by atoms with Crippen molar-refractivity contribution in [1.29, 1.82) is 0 Å². The summed E-state index contributed by atoms with van der Waals surface area (Å²) in [6, 6.07) is 6.84. The third kappa shape index (κ3) is 5.96. The molecule has 1 aromatic carbocycles. The Morgan fingerprint density at radius 1 is 1.17 bits per heavy atom. The molecule has 0 aromatic heterocycles. The summed E-state index contributed by atoms with van der Waals surface area (Å²) in [5.74, 6) is 0.272. The number of fused-ring (bicyclic) bond motifs is 2. The van der Waals surface area contributed by atoms with Crippen LogP contribution >= 0.6 is 15.9 Å². The van der Waals surface area contributed by atoms with Crippen LogP contribution in [-0.2, 0) is 24.5 Å². The van der Waals surface area contributed by atoms with Crippen LogP contribution in [0, 0.1) is 23.6 Å². The van der Waals surface area contributed by atoms with Gasteiger partial charge in [0.05, 0.1) is 24.3 Å². The van der Waals surface area contributed by atoms with Crippen molar-refractivity contribution in [3.8, 4) is 0 Å². The number of halogens is 2. The van der Waals surface area contributed by atoms with Crippen LogP contribution < -0.4 is 0 Å². The molecule has 0 spiro atoms. The summed E-state index contributed by atoms with van der Waals surface area (Å²) in [6.07, 6.45) is 15.6. The third-order valence-electron chi connectivity index (χ3n) is 8.23. The summed E-state index contributed by atoms with van der Waals surface area (Å²) in [5, 5.41) is 0. The second-order valence-corrected chi connectivity index (χ2v) is 11.1. The van der Waals surface area contributed by atoms with Crippen molar-refractivity contribution >= 4 is 27.7 Å². The lowest BCUT2D eigenvalue weighted by molar-refractivity contribution is -0.140. The highest BCUT2D eigenvalue weighted by Gasteiger charge is 2.58. The van der Waals surface area contributed by atoms with Crippen molar-refractivity contribution in [2.24, 2.45) is 17.8 Å². The number of carbonyl (C=O) groups excluding carboxylic acids is 2. The lowest BCUT2D eigenvalue weighted by atomic mass is 9.69. The molecular weight excluding hydrogens is 511 g/mol. The predicted molar refractivity (Wildman–Crippen MR) is 138 cm³/mol. The minimum Gasteiger partial charge on any atom is -0.469 e. The standard InChI is InChI=1S/C29H36BrFO4/c1-34-27(32)12-8-3-2-7-11-24-23(17-25(30)28(33)20-9-5-4-6-10-20)26-18-29(24,19-35-26)21-13-15-22(31)16-14-21/h2,7,13-17,20,23-24,26H,3-6,8-12,18-19H2,1H3/t23-,24-,26-,29-/m0/s1. The zero-order valence-corrected chi connectivity index (χ0v) is 22.1. The molecule has 2 bridgehead atoms. The molecule has 2 saturated carbocycles. The van der Waals surface area contributed by atoms with Gasteiger partial charge in [0, 0.05) is 23.7 Å². The van der Waals surface area contributed by atoms with E-state index in [1.807, 2.05) is 12.1 Å². The van der Waals surface area contributed by atoms with Gasteiger partial charge in [-0.15, -0.1) is 0 Å². The predicted octanol–water partition coefficient (Wildman–Crippen LogP) is 6.82. The smallest absolute Gasteiger partial charge is 0.305 e. The first-order valence-corrected chi connectivity index (χ1v) is 13.7. The molecule has 3 fully saturated rings. The number of allylic oxidation sites excluding steroid dienone is 3. The van der Waals surface area contributed by atoms with E-state index < -0.39 is 0 Å². The first kappa shape index (κ1) is 26.3. The highest BCUT2D eigenvalue weighted by Crippen LogP contribution is 2.57. The van der Waals surface area contributed by atoms with Crippen LogP contribution in [0.25, 0.3) is 0 Å². The molecule has 6 heteroatoms. The van der Waals surface area contributed by atoms with Crippen LogP contribution in [-0.4, -0.2) is 31.6 Å². The molecule has 4 nitrogen and oxygen atoms in total. The van der Waals surface area contributed by atoms with Gasteiger partial charge in [-0.2, -0.15) is 0 Å². The van der Waals surface area contributed by atoms with Gasteiger partial charge in [-0.1, -0.05) is 49.6 Å². The summed E-state index contributed by atoms with van der Waals surface area (Å²) in [7, 11) is 1.41. The van der Waals surface area contributed by atoms with Gasteiger partial charge in [-0.05, 0) is 78.1 Å². The highest BCUT2D eigenvalue weighted by atomic mass is 79.9. The number of ketones is 1. The van der Waals surface area contributed by atoms with Crippen molar-refractivity contribution in [3.63, 3.8) is 0 Å². The fourth-order valence-electron chi connectivity index (χ4n) is 6.31. The number of hydrogen-bond donors (Lipinski definition) is 0. The zero-order chi connectivity index (χ0) is 24.8. The van der Waals surface area contributed by atoms with Gasteiger partial charge in [0.15, 0.2) is 5.78 Å². The van der Waals surface area contributed by atoms with E-state index in [4.69, 9.17) is 9.47 Å². The van der Waals surface area contributed by atoms with Crippen molar-refractivity contribution in [1.82, 2.24) is 0 Å². The van der Waals surface area contributed by atoms with Gasteiger partial charge >= 0.3 is 5.97 Å². The van der Waals surface area contributed by atoms with E-state index in [9.17, 15) is 14.0 Å². The molecule has 0 unspecified atom stereocenters. The highest BCUT2D eigenvalue weighted by molar-refractivity contribution is 9.12. The molecule has 0 N–H and O–H groups in total. The first-order valence-electron chi connectivity index (χ1n) is 13.0. The molecule has 2 aliphatic carbocycles. The molecule has 4 atom stereocenters. The number of benzene rings is 1.